The SMILES string of the molecule is CCc1cc(O)ccc1-c1ccc(C[C@H](NC(=O)OC(C)(C)C)C(=O)O)cc1. The number of phenols is 1. The Morgan fingerprint density at radius 2 is 1.75 bits per heavy atom. The molecule has 0 aliphatic carbocycles. The summed E-state index contributed by atoms with van der Waals surface area (Å²) in [6.45, 7) is 7.17. The van der Waals surface area contributed by atoms with Crippen LogP contribution >= 0.6 is 0 Å². The van der Waals surface area contributed by atoms with E-state index in [4.69, 9.17) is 4.74 Å². The van der Waals surface area contributed by atoms with Crippen molar-refractivity contribution in [3.8, 4) is 16.9 Å². The lowest BCUT2D eigenvalue weighted by atomic mass is 9.96. The molecule has 0 unspecified atom stereocenters. The van der Waals surface area contributed by atoms with Crippen LogP contribution in [-0.4, -0.2) is 33.9 Å². The number of benzene rings is 2. The van der Waals surface area contributed by atoms with E-state index in [0.29, 0.717) is 0 Å². The molecule has 0 fully saturated rings. The molecule has 3 N–H and O–H groups in total. The first-order valence-electron chi connectivity index (χ1n) is 9.22. The third-order valence-corrected chi connectivity index (χ3v) is 4.16. The summed E-state index contributed by atoms with van der Waals surface area (Å²) in [7, 11) is 0. The van der Waals surface area contributed by atoms with Crippen LogP contribution in [-0.2, 0) is 22.4 Å². The van der Waals surface area contributed by atoms with E-state index in [0.717, 1.165) is 28.7 Å². The smallest absolute Gasteiger partial charge is 0.408 e. The van der Waals surface area contributed by atoms with Gasteiger partial charge in [0.25, 0.3) is 0 Å². The monoisotopic (exact) mass is 385 g/mol. The number of phenolic OH excluding ortho intramolecular Hbond substituents is 1. The Labute approximate surface area is 165 Å². The number of carbonyl (C=O) groups is 2. The number of carbonyl (C=O) groups excluding carboxylic acids is 1. The minimum atomic E-state index is -1.12. The lowest BCUT2D eigenvalue weighted by Gasteiger charge is -2.22. The van der Waals surface area contributed by atoms with E-state index in [-0.39, 0.29) is 12.2 Å². The number of aryl methyl sites for hydroxylation is 1. The van der Waals surface area contributed by atoms with Crippen LogP contribution in [0.5, 0.6) is 5.75 Å². The highest BCUT2D eigenvalue weighted by atomic mass is 16.6. The highest BCUT2D eigenvalue weighted by molar-refractivity contribution is 5.80. The van der Waals surface area contributed by atoms with Gasteiger partial charge in [-0.1, -0.05) is 37.3 Å². The molecular weight excluding hydrogens is 358 g/mol. The van der Waals surface area contributed by atoms with E-state index >= 15 is 0 Å². The number of aliphatic carboxylic acids is 1. The zero-order chi connectivity index (χ0) is 20.9. The number of carboxylic acids is 1. The number of ether oxygens (including phenoxy) is 1. The van der Waals surface area contributed by atoms with Gasteiger partial charge < -0.3 is 20.3 Å². The first-order valence-corrected chi connectivity index (χ1v) is 9.22. The molecule has 0 spiro atoms. The average molecular weight is 385 g/mol. The van der Waals surface area contributed by atoms with Crippen molar-refractivity contribution in [3.05, 3.63) is 53.6 Å². The van der Waals surface area contributed by atoms with Gasteiger partial charge in [-0.3, -0.25) is 0 Å². The fraction of sp³-hybridized carbons (Fsp3) is 0.364. The van der Waals surface area contributed by atoms with E-state index in [1.54, 1.807) is 32.9 Å². The Morgan fingerprint density at radius 1 is 1.11 bits per heavy atom. The molecule has 0 saturated carbocycles. The zero-order valence-electron chi connectivity index (χ0n) is 16.7. The van der Waals surface area contributed by atoms with Gasteiger partial charge in [0, 0.05) is 6.42 Å². The molecule has 0 saturated heterocycles. The van der Waals surface area contributed by atoms with Gasteiger partial charge in [0.2, 0.25) is 0 Å². The summed E-state index contributed by atoms with van der Waals surface area (Å²) in [6, 6.07) is 11.7. The quantitative estimate of drug-likeness (QED) is 0.694. The van der Waals surface area contributed by atoms with E-state index in [1.165, 1.54) is 0 Å². The predicted octanol–water partition coefficient (Wildman–Crippen LogP) is 4.14. The molecule has 150 valence electrons. The Kier molecular flexibility index (Phi) is 6.67. The van der Waals surface area contributed by atoms with E-state index in [9.17, 15) is 19.8 Å². The average Bonchev–Trinajstić information content (AvgIpc) is 2.60. The molecule has 0 aliphatic heterocycles. The van der Waals surface area contributed by atoms with Crippen molar-refractivity contribution in [3.63, 3.8) is 0 Å². The molecule has 6 heteroatoms. The van der Waals surface area contributed by atoms with Crippen LogP contribution < -0.4 is 5.32 Å². The summed E-state index contributed by atoms with van der Waals surface area (Å²) in [5.41, 5.74) is 3.11. The number of carboxylic acid groups (broad SMARTS) is 1. The highest BCUT2D eigenvalue weighted by Gasteiger charge is 2.24. The fourth-order valence-corrected chi connectivity index (χ4v) is 2.86. The van der Waals surface area contributed by atoms with Crippen LogP contribution in [0.4, 0.5) is 4.79 Å². The maximum absolute atomic E-state index is 11.9. The number of nitrogens with one attached hydrogen (secondary N) is 1. The first-order chi connectivity index (χ1) is 13.1. The van der Waals surface area contributed by atoms with Gasteiger partial charge in [-0.2, -0.15) is 0 Å². The Morgan fingerprint density at radius 3 is 2.29 bits per heavy atom. The van der Waals surface area contributed by atoms with Gasteiger partial charge in [0.1, 0.15) is 17.4 Å². The molecule has 2 aromatic carbocycles. The number of amides is 1. The summed E-state index contributed by atoms with van der Waals surface area (Å²) in [5, 5.41) is 21.5. The van der Waals surface area contributed by atoms with Crippen LogP contribution in [0.3, 0.4) is 0 Å². The van der Waals surface area contributed by atoms with Crippen molar-refractivity contribution in [2.75, 3.05) is 0 Å². The molecule has 1 atom stereocenters. The fourth-order valence-electron chi connectivity index (χ4n) is 2.86. The highest BCUT2D eigenvalue weighted by Crippen LogP contribution is 2.28. The van der Waals surface area contributed by atoms with Crippen molar-refractivity contribution >= 4 is 12.1 Å². The topological polar surface area (TPSA) is 95.9 Å². The van der Waals surface area contributed by atoms with Crippen LogP contribution in [0.25, 0.3) is 11.1 Å². The molecule has 0 aliphatic rings. The van der Waals surface area contributed by atoms with Crippen LogP contribution in [0.2, 0.25) is 0 Å². The molecule has 0 heterocycles. The summed E-state index contributed by atoms with van der Waals surface area (Å²) < 4.78 is 5.13. The van der Waals surface area contributed by atoms with Crippen LogP contribution in [0.15, 0.2) is 42.5 Å². The van der Waals surface area contributed by atoms with Crippen molar-refractivity contribution < 1.29 is 24.5 Å². The lowest BCUT2D eigenvalue weighted by molar-refractivity contribution is -0.139. The van der Waals surface area contributed by atoms with Gasteiger partial charge in [0.15, 0.2) is 0 Å². The summed E-state index contributed by atoms with van der Waals surface area (Å²) >= 11 is 0. The maximum atomic E-state index is 11.9. The Hall–Kier alpha value is -3.02. The molecule has 1 amide bonds. The van der Waals surface area contributed by atoms with Gasteiger partial charge in [-0.15, -0.1) is 0 Å². The second-order valence-electron chi connectivity index (χ2n) is 7.63. The third kappa shape index (κ3) is 6.01. The van der Waals surface area contributed by atoms with Gasteiger partial charge in [-0.05, 0) is 61.6 Å². The normalized spacial score (nSPS) is 12.3. The van der Waals surface area contributed by atoms with E-state index in [2.05, 4.69) is 5.32 Å². The first kappa shape index (κ1) is 21.3. The van der Waals surface area contributed by atoms with Crippen molar-refractivity contribution in [2.45, 2.75) is 52.2 Å². The van der Waals surface area contributed by atoms with E-state index < -0.39 is 23.7 Å². The molecular formula is C22H27NO5. The number of rotatable bonds is 6. The summed E-state index contributed by atoms with van der Waals surface area (Å²) in [4.78, 5) is 23.4. The second-order valence-corrected chi connectivity index (χ2v) is 7.63. The zero-order valence-corrected chi connectivity index (χ0v) is 16.7. The number of alkyl carbamates (subject to hydrolysis) is 1. The van der Waals surface area contributed by atoms with Gasteiger partial charge in [0.05, 0.1) is 0 Å². The molecule has 0 bridgehead atoms. The van der Waals surface area contributed by atoms with Gasteiger partial charge >= 0.3 is 12.1 Å². The molecule has 0 aromatic heterocycles. The second kappa shape index (κ2) is 8.78. The minimum absolute atomic E-state index is 0.144. The van der Waals surface area contributed by atoms with Crippen LogP contribution in [0.1, 0.15) is 38.8 Å². The Bertz CT molecular complexity index is 837. The number of hydrogen-bond acceptors (Lipinski definition) is 4. The summed E-state index contributed by atoms with van der Waals surface area (Å²) in [5.74, 6) is -0.892. The van der Waals surface area contributed by atoms with Crippen molar-refractivity contribution in [2.24, 2.45) is 0 Å². The van der Waals surface area contributed by atoms with Crippen molar-refractivity contribution in [1.29, 1.82) is 0 Å². The van der Waals surface area contributed by atoms with E-state index in [1.807, 2.05) is 37.3 Å². The molecule has 2 aromatic rings. The van der Waals surface area contributed by atoms with Gasteiger partial charge in [-0.25, -0.2) is 9.59 Å². The molecule has 0 radical (unpaired) electrons. The third-order valence-electron chi connectivity index (χ3n) is 4.16. The Balaban J connectivity index is 2.13. The molecule has 28 heavy (non-hydrogen) atoms. The maximum Gasteiger partial charge on any atom is 0.408 e. The van der Waals surface area contributed by atoms with Crippen LogP contribution in [0, 0.1) is 0 Å². The molecule has 2 rings (SSSR count). The predicted molar refractivity (Wildman–Crippen MR) is 107 cm³/mol. The summed E-state index contributed by atoms with van der Waals surface area (Å²) in [6.07, 6.45) is 0.172. The lowest BCUT2D eigenvalue weighted by Crippen LogP contribution is -2.44. The number of hydrogen-bond donors (Lipinski definition) is 3. The minimum Gasteiger partial charge on any atom is -0.508 e. The largest absolute Gasteiger partial charge is 0.508 e. The standard InChI is InChI=1S/C22H27NO5/c1-5-15-13-17(24)10-11-18(15)16-8-6-14(7-9-16)12-19(20(25)26)23-21(27)28-22(2,3)4/h6-11,13,19,24H,5,12H2,1-4H3,(H,23,27)(H,25,26)/t19-/m0/s1. The number of aromatic hydroxyl groups is 1. The molecule has 6 nitrogen and oxygen atoms in total. The van der Waals surface area contributed by atoms with Crippen molar-refractivity contribution in [1.82, 2.24) is 5.32 Å².